The topological polar surface area (TPSA) is 0 Å². The average Bonchev–Trinajstić information content (AvgIpc) is 2.85. The minimum Gasteiger partial charge on any atom is -1.00 e. The maximum absolute atomic E-state index is 2.51. The fourth-order valence-electron chi connectivity index (χ4n) is 3.66. The molecule has 0 spiro atoms. The van der Waals surface area contributed by atoms with Crippen LogP contribution in [0.1, 0.15) is 60.3 Å². The van der Waals surface area contributed by atoms with Gasteiger partial charge < -0.3 is 24.8 Å². The smallest absolute Gasteiger partial charge is 1.00 e. The molecule has 113 valence electrons. The van der Waals surface area contributed by atoms with E-state index in [1.165, 1.54) is 25.7 Å². The van der Waals surface area contributed by atoms with Gasteiger partial charge in [-0.05, 0) is 0 Å². The van der Waals surface area contributed by atoms with Gasteiger partial charge in [-0.1, -0.05) is 0 Å². The van der Waals surface area contributed by atoms with Gasteiger partial charge in [0, 0.05) is 0 Å². The Morgan fingerprint density at radius 3 is 2.35 bits per heavy atom. The summed E-state index contributed by atoms with van der Waals surface area (Å²) in [6, 6.07) is 0. The number of halogens is 2. The summed E-state index contributed by atoms with van der Waals surface area (Å²) in [6.07, 6.45) is 10.2. The maximum atomic E-state index is 2.51. The quantitative estimate of drug-likeness (QED) is 0.592. The summed E-state index contributed by atoms with van der Waals surface area (Å²) in [7, 11) is 0. The normalized spacial score (nSPS) is 29.7. The van der Waals surface area contributed by atoms with E-state index >= 15 is 0 Å². The van der Waals surface area contributed by atoms with Crippen molar-refractivity contribution in [3.63, 3.8) is 0 Å². The van der Waals surface area contributed by atoms with Crippen molar-refractivity contribution in [3.05, 3.63) is 21.0 Å². The second-order valence-electron chi connectivity index (χ2n) is 7.48. The average molecular weight is 394 g/mol. The fourth-order valence-corrected chi connectivity index (χ4v) is 4.90. The van der Waals surface area contributed by atoms with Crippen molar-refractivity contribution >= 4 is 0 Å². The fraction of sp³-hybridized carbons (Fsp3) is 0.765. The summed E-state index contributed by atoms with van der Waals surface area (Å²) in [5.74, 6) is 1.68. The van der Waals surface area contributed by atoms with Crippen molar-refractivity contribution < 1.29 is 49.5 Å². The Morgan fingerprint density at radius 1 is 1.30 bits per heavy atom. The standard InChI is InChI=1S/C17H27.2ClH.Zr/c1-13(2)16(3,4)15-10-11-17(5,12-15)14-8-6-7-9-14;;;/h6,8,13,15H,7,10-12H2,1-5H3;2*1H;/q;;;+2/p-2. The maximum Gasteiger partial charge on any atom is -1.00 e. The van der Waals surface area contributed by atoms with Gasteiger partial charge in [0.05, 0.1) is 0 Å². The van der Waals surface area contributed by atoms with Crippen LogP contribution in [0, 0.1) is 22.7 Å². The van der Waals surface area contributed by atoms with E-state index in [4.69, 9.17) is 0 Å². The van der Waals surface area contributed by atoms with Gasteiger partial charge in [0.25, 0.3) is 0 Å². The molecule has 2 aliphatic rings. The molecule has 0 N–H and O–H groups in total. The molecule has 1 fully saturated rings. The monoisotopic (exact) mass is 391 g/mol. The zero-order valence-corrected chi connectivity index (χ0v) is 17.4. The van der Waals surface area contributed by atoms with Crippen molar-refractivity contribution in [1.29, 1.82) is 0 Å². The number of hydrogen-bond acceptors (Lipinski definition) is 0. The third-order valence-corrected chi connectivity index (χ3v) is 7.03. The molecule has 2 rings (SSSR count). The van der Waals surface area contributed by atoms with Crippen LogP contribution in [-0.2, 0) is 24.7 Å². The van der Waals surface area contributed by atoms with Crippen LogP contribution >= 0.6 is 0 Å². The molecule has 1 saturated carbocycles. The van der Waals surface area contributed by atoms with Crippen LogP contribution in [0.25, 0.3) is 0 Å². The van der Waals surface area contributed by atoms with Gasteiger partial charge in [0.1, 0.15) is 0 Å². The van der Waals surface area contributed by atoms with Crippen LogP contribution in [-0.4, -0.2) is 0 Å². The molecule has 3 heteroatoms. The first kappa shape index (κ1) is 20.9. The van der Waals surface area contributed by atoms with E-state index in [0.29, 0.717) is 10.8 Å². The van der Waals surface area contributed by atoms with E-state index in [0.717, 1.165) is 11.8 Å². The van der Waals surface area contributed by atoms with E-state index < -0.39 is 0 Å². The molecule has 20 heavy (non-hydrogen) atoms. The molecule has 0 aromatic rings. The summed E-state index contributed by atoms with van der Waals surface area (Å²) in [5.41, 5.74) is 2.66. The Kier molecular flexibility index (Phi) is 7.83. The third kappa shape index (κ3) is 3.82. The molecule has 0 radical (unpaired) electrons. The van der Waals surface area contributed by atoms with Crippen LogP contribution < -0.4 is 24.8 Å². The second kappa shape index (κ2) is 7.47. The first-order valence-corrected chi connectivity index (χ1v) is 8.62. The molecule has 0 heterocycles. The summed E-state index contributed by atoms with van der Waals surface area (Å²) in [6.45, 7) is 12.2. The first-order chi connectivity index (χ1) is 8.27. The summed E-state index contributed by atoms with van der Waals surface area (Å²) in [5, 5.41) is 0. The molecule has 0 aromatic heterocycles. The molecule has 0 saturated heterocycles. The Balaban J connectivity index is 0.00000180. The van der Waals surface area contributed by atoms with Crippen molar-refractivity contribution in [2.45, 2.75) is 60.3 Å². The van der Waals surface area contributed by atoms with E-state index in [1.54, 1.807) is 33.6 Å². The minimum absolute atomic E-state index is 0. The van der Waals surface area contributed by atoms with E-state index in [2.05, 4.69) is 46.8 Å². The van der Waals surface area contributed by atoms with Gasteiger partial charge in [-0.15, -0.1) is 0 Å². The van der Waals surface area contributed by atoms with Gasteiger partial charge in [-0.3, -0.25) is 0 Å². The third-order valence-electron chi connectivity index (χ3n) is 5.86. The molecular formula is C17H27Cl2Zr. The van der Waals surface area contributed by atoms with Crippen LogP contribution in [0.3, 0.4) is 0 Å². The van der Waals surface area contributed by atoms with Crippen LogP contribution in [0.2, 0.25) is 0 Å². The molecule has 0 nitrogen and oxygen atoms in total. The second-order valence-corrected chi connectivity index (χ2v) is 8.96. The Hall–Kier alpha value is 0.943. The van der Waals surface area contributed by atoms with Gasteiger partial charge in [0.2, 0.25) is 0 Å². The minimum atomic E-state index is 0. The van der Waals surface area contributed by atoms with Crippen LogP contribution in [0.5, 0.6) is 0 Å². The van der Waals surface area contributed by atoms with Crippen molar-refractivity contribution in [1.82, 2.24) is 0 Å². The SMILES string of the molecule is CC(C)C(C)(C)C1CCC(C)(C2=[C]([Zr+2])CC=C2)C1.[Cl-].[Cl-]. The van der Waals surface area contributed by atoms with Gasteiger partial charge in [-0.25, -0.2) is 0 Å². The van der Waals surface area contributed by atoms with E-state index in [-0.39, 0.29) is 24.8 Å². The zero-order chi connectivity index (χ0) is 13.6. The Bertz CT molecular complexity index is 396. The van der Waals surface area contributed by atoms with E-state index in [1.807, 2.05) is 0 Å². The molecule has 0 aromatic carbocycles. The number of hydrogen-bond donors (Lipinski definition) is 0. The van der Waals surface area contributed by atoms with Gasteiger partial charge in [0.15, 0.2) is 0 Å². The zero-order valence-electron chi connectivity index (χ0n) is 13.4. The Morgan fingerprint density at radius 2 is 1.90 bits per heavy atom. The summed E-state index contributed by atoms with van der Waals surface area (Å²) >= 11 is 1.63. The van der Waals surface area contributed by atoms with Crippen LogP contribution in [0.15, 0.2) is 21.0 Å². The molecular weight excluding hydrogens is 366 g/mol. The first-order valence-electron chi connectivity index (χ1n) is 7.39. The van der Waals surface area contributed by atoms with Crippen LogP contribution in [0.4, 0.5) is 0 Å². The molecule has 2 unspecified atom stereocenters. The van der Waals surface area contributed by atoms with Gasteiger partial charge >= 0.3 is 129 Å². The van der Waals surface area contributed by atoms with E-state index in [9.17, 15) is 0 Å². The summed E-state index contributed by atoms with van der Waals surface area (Å²) < 4.78 is 1.70. The van der Waals surface area contributed by atoms with Crippen molar-refractivity contribution in [2.75, 3.05) is 0 Å². The molecule has 2 atom stereocenters. The molecule has 0 aliphatic heterocycles. The molecule has 0 amide bonds. The molecule has 2 aliphatic carbocycles. The number of rotatable bonds is 3. The Labute approximate surface area is 152 Å². The molecule has 0 bridgehead atoms. The largest absolute Gasteiger partial charge is 1.00 e. The van der Waals surface area contributed by atoms with Gasteiger partial charge in [-0.2, -0.15) is 0 Å². The predicted molar refractivity (Wildman–Crippen MR) is 74.9 cm³/mol. The number of allylic oxidation sites excluding steroid dienone is 4. The van der Waals surface area contributed by atoms with Crippen molar-refractivity contribution in [2.24, 2.45) is 22.7 Å². The summed E-state index contributed by atoms with van der Waals surface area (Å²) in [4.78, 5) is 0. The predicted octanol–water partition coefficient (Wildman–Crippen LogP) is -0.756. The van der Waals surface area contributed by atoms with Crippen molar-refractivity contribution in [3.8, 4) is 0 Å².